The van der Waals surface area contributed by atoms with E-state index in [1.54, 1.807) is 11.9 Å². The van der Waals surface area contributed by atoms with Gasteiger partial charge in [-0.05, 0) is 26.2 Å². The van der Waals surface area contributed by atoms with E-state index >= 15 is 0 Å². The average molecular weight is 291 g/mol. The Balaban J connectivity index is 3.10. The molecule has 0 bridgehead atoms. The summed E-state index contributed by atoms with van der Waals surface area (Å²) in [6.07, 6.45) is -4.75. The summed E-state index contributed by atoms with van der Waals surface area (Å²) in [6, 6.07) is 3.03. The van der Waals surface area contributed by atoms with Crippen LogP contribution in [0.1, 0.15) is 5.56 Å². The van der Waals surface area contributed by atoms with E-state index < -0.39 is 22.4 Å². The van der Waals surface area contributed by atoms with E-state index in [2.05, 4.69) is 0 Å². The summed E-state index contributed by atoms with van der Waals surface area (Å²) < 4.78 is 38.5. The van der Waals surface area contributed by atoms with Gasteiger partial charge in [-0.1, -0.05) is 0 Å². The summed E-state index contributed by atoms with van der Waals surface area (Å²) >= 11 is 0. The Labute approximate surface area is 114 Å². The Hall–Kier alpha value is -1.83. The number of hydrogen-bond acceptors (Lipinski definition) is 4. The molecule has 0 heterocycles. The zero-order valence-electron chi connectivity index (χ0n) is 11.4. The van der Waals surface area contributed by atoms with Crippen LogP contribution in [-0.4, -0.2) is 44.1 Å². The molecule has 0 aliphatic heterocycles. The summed E-state index contributed by atoms with van der Waals surface area (Å²) in [5.41, 5.74) is -1.86. The average Bonchev–Trinajstić information content (AvgIpc) is 2.33. The first-order chi connectivity index (χ1) is 9.12. The SMILES string of the molecule is CN(C)CCN(C)c1ccc([N+](=O)[O-])c(C(F)(F)F)c1. The molecule has 0 aliphatic carbocycles. The Morgan fingerprint density at radius 1 is 1.20 bits per heavy atom. The van der Waals surface area contributed by atoms with E-state index in [0.717, 1.165) is 12.1 Å². The number of likely N-dealkylation sites (N-methyl/N-ethyl adjacent to an activating group) is 2. The van der Waals surface area contributed by atoms with Crippen LogP contribution in [0.2, 0.25) is 0 Å². The van der Waals surface area contributed by atoms with Crippen LogP contribution in [0, 0.1) is 10.1 Å². The van der Waals surface area contributed by atoms with Crippen molar-refractivity contribution in [3.05, 3.63) is 33.9 Å². The van der Waals surface area contributed by atoms with E-state index in [1.165, 1.54) is 6.07 Å². The van der Waals surface area contributed by atoms with Crippen LogP contribution in [-0.2, 0) is 6.18 Å². The van der Waals surface area contributed by atoms with Crippen molar-refractivity contribution < 1.29 is 18.1 Å². The van der Waals surface area contributed by atoms with Gasteiger partial charge in [0.1, 0.15) is 5.56 Å². The number of rotatable bonds is 5. The second-order valence-corrected chi connectivity index (χ2v) is 4.68. The molecule has 0 atom stereocenters. The highest BCUT2D eigenvalue weighted by molar-refractivity contribution is 5.56. The number of benzene rings is 1. The van der Waals surface area contributed by atoms with E-state index in [-0.39, 0.29) is 0 Å². The maximum atomic E-state index is 12.8. The summed E-state index contributed by atoms with van der Waals surface area (Å²) in [6.45, 7) is 1.18. The summed E-state index contributed by atoms with van der Waals surface area (Å²) in [5, 5.41) is 10.6. The fourth-order valence-electron chi connectivity index (χ4n) is 1.63. The van der Waals surface area contributed by atoms with Gasteiger partial charge in [0.2, 0.25) is 0 Å². The van der Waals surface area contributed by atoms with Gasteiger partial charge < -0.3 is 9.80 Å². The summed E-state index contributed by atoms with van der Waals surface area (Å²) in [5.74, 6) is 0. The largest absolute Gasteiger partial charge is 0.423 e. The van der Waals surface area contributed by atoms with E-state index in [0.29, 0.717) is 18.8 Å². The van der Waals surface area contributed by atoms with Gasteiger partial charge in [-0.15, -0.1) is 0 Å². The minimum absolute atomic E-state index is 0.296. The predicted octanol–water partition coefficient (Wildman–Crippen LogP) is 2.61. The normalized spacial score (nSPS) is 11.8. The smallest absolute Gasteiger partial charge is 0.373 e. The fraction of sp³-hybridized carbons (Fsp3) is 0.500. The minimum Gasteiger partial charge on any atom is -0.373 e. The fourth-order valence-corrected chi connectivity index (χ4v) is 1.63. The highest BCUT2D eigenvalue weighted by Crippen LogP contribution is 2.38. The number of anilines is 1. The van der Waals surface area contributed by atoms with Crippen molar-refractivity contribution in [2.75, 3.05) is 39.1 Å². The first-order valence-electron chi connectivity index (χ1n) is 5.84. The van der Waals surface area contributed by atoms with Gasteiger partial charge in [0.05, 0.1) is 4.92 Å². The predicted molar refractivity (Wildman–Crippen MR) is 69.9 cm³/mol. The lowest BCUT2D eigenvalue weighted by atomic mass is 10.1. The Morgan fingerprint density at radius 3 is 2.25 bits per heavy atom. The summed E-state index contributed by atoms with van der Waals surface area (Å²) in [7, 11) is 5.35. The molecule has 20 heavy (non-hydrogen) atoms. The number of nitro groups is 1. The van der Waals surface area contributed by atoms with Crippen molar-refractivity contribution in [2.45, 2.75) is 6.18 Å². The van der Waals surface area contributed by atoms with Gasteiger partial charge in [-0.25, -0.2) is 0 Å². The monoisotopic (exact) mass is 291 g/mol. The van der Waals surface area contributed by atoms with Crippen molar-refractivity contribution in [2.24, 2.45) is 0 Å². The zero-order valence-corrected chi connectivity index (χ0v) is 11.4. The molecule has 5 nitrogen and oxygen atoms in total. The summed E-state index contributed by atoms with van der Waals surface area (Å²) in [4.78, 5) is 13.1. The van der Waals surface area contributed by atoms with Gasteiger partial charge in [0, 0.05) is 31.9 Å². The lowest BCUT2D eigenvalue weighted by molar-refractivity contribution is -0.388. The van der Waals surface area contributed by atoms with Gasteiger partial charge in [-0.2, -0.15) is 13.2 Å². The lowest BCUT2D eigenvalue weighted by Crippen LogP contribution is -2.28. The molecule has 112 valence electrons. The topological polar surface area (TPSA) is 49.6 Å². The molecule has 1 rings (SSSR count). The maximum Gasteiger partial charge on any atom is 0.423 e. The third-order valence-corrected chi connectivity index (χ3v) is 2.81. The van der Waals surface area contributed by atoms with Crippen LogP contribution < -0.4 is 4.90 Å². The van der Waals surface area contributed by atoms with Crippen LogP contribution in [0.3, 0.4) is 0 Å². The Kier molecular flexibility index (Phi) is 4.93. The van der Waals surface area contributed by atoms with Crippen LogP contribution >= 0.6 is 0 Å². The number of hydrogen-bond donors (Lipinski definition) is 0. The molecule has 0 spiro atoms. The zero-order chi connectivity index (χ0) is 15.5. The second kappa shape index (κ2) is 6.08. The van der Waals surface area contributed by atoms with Gasteiger partial charge >= 0.3 is 6.18 Å². The highest BCUT2D eigenvalue weighted by atomic mass is 19.4. The van der Waals surface area contributed by atoms with E-state index in [4.69, 9.17) is 0 Å². The molecule has 0 amide bonds. The molecule has 0 saturated heterocycles. The van der Waals surface area contributed by atoms with Crippen molar-refractivity contribution in [1.29, 1.82) is 0 Å². The van der Waals surface area contributed by atoms with Crippen molar-refractivity contribution >= 4 is 11.4 Å². The molecule has 0 radical (unpaired) electrons. The molecule has 0 unspecified atom stereocenters. The third kappa shape index (κ3) is 4.09. The Bertz CT molecular complexity index is 489. The minimum atomic E-state index is -4.75. The van der Waals surface area contributed by atoms with Crippen molar-refractivity contribution in [1.82, 2.24) is 4.90 Å². The molecule has 1 aromatic carbocycles. The number of halogens is 3. The molecule has 0 fully saturated rings. The molecule has 1 aromatic rings. The third-order valence-electron chi connectivity index (χ3n) is 2.81. The Morgan fingerprint density at radius 2 is 1.80 bits per heavy atom. The van der Waals surface area contributed by atoms with Crippen molar-refractivity contribution in [3.8, 4) is 0 Å². The van der Waals surface area contributed by atoms with Gasteiger partial charge in [-0.3, -0.25) is 10.1 Å². The number of alkyl halides is 3. The molecule has 8 heteroatoms. The van der Waals surface area contributed by atoms with Gasteiger partial charge in [0.25, 0.3) is 5.69 Å². The van der Waals surface area contributed by atoms with Crippen LogP contribution in [0.15, 0.2) is 18.2 Å². The molecule has 0 aromatic heterocycles. The quantitative estimate of drug-likeness (QED) is 0.618. The van der Waals surface area contributed by atoms with E-state index in [1.807, 2.05) is 19.0 Å². The molecule has 0 aliphatic rings. The van der Waals surface area contributed by atoms with Crippen LogP contribution in [0.5, 0.6) is 0 Å². The van der Waals surface area contributed by atoms with Crippen LogP contribution in [0.25, 0.3) is 0 Å². The maximum absolute atomic E-state index is 12.8. The number of nitro benzene ring substituents is 1. The molecule has 0 N–H and O–H groups in total. The van der Waals surface area contributed by atoms with Gasteiger partial charge in [0.15, 0.2) is 0 Å². The molecular weight excluding hydrogens is 275 g/mol. The lowest BCUT2D eigenvalue weighted by Gasteiger charge is -2.22. The molecular formula is C12H16F3N3O2. The molecule has 0 saturated carbocycles. The van der Waals surface area contributed by atoms with Crippen LogP contribution in [0.4, 0.5) is 24.5 Å². The first kappa shape index (κ1) is 16.2. The second-order valence-electron chi connectivity index (χ2n) is 4.68. The highest BCUT2D eigenvalue weighted by Gasteiger charge is 2.38. The number of nitrogens with zero attached hydrogens (tertiary/aromatic N) is 3. The van der Waals surface area contributed by atoms with E-state index in [9.17, 15) is 23.3 Å². The van der Waals surface area contributed by atoms with Crippen molar-refractivity contribution in [3.63, 3.8) is 0 Å². The first-order valence-corrected chi connectivity index (χ1v) is 5.84. The standard InChI is InChI=1S/C12H16F3N3O2/c1-16(2)6-7-17(3)9-4-5-11(18(19)20)10(8-9)12(13,14)15/h4-5,8H,6-7H2,1-3H3.